The molecule has 1 N–H and O–H groups in total. The average molecular weight is 267 g/mol. The third kappa shape index (κ3) is 2.52. The Labute approximate surface area is 112 Å². The maximum absolute atomic E-state index is 5.94. The molecule has 1 aromatic rings. The molecule has 0 bridgehead atoms. The Morgan fingerprint density at radius 3 is 2.95 bits per heavy atom. The second-order valence-electron chi connectivity index (χ2n) is 5.17. The predicted octanol–water partition coefficient (Wildman–Crippen LogP) is 1.54. The van der Waals surface area contributed by atoms with Crippen LogP contribution in [0.25, 0.3) is 0 Å². The molecule has 0 radical (unpaired) electrons. The van der Waals surface area contributed by atoms with Crippen LogP contribution in [0.5, 0.6) is 0 Å². The molecule has 2 fully saturated rings. The Bertz CT molecular complexity index is 409. The minimum absolute atomic E-state index is 0.00933. The summed E-state index contributed by atoms with van der Waals surface area (Å²) in [4.78, 5) is 4.56. The van der Waals surface area contributed by atoms with E-state index in [4.69, 9.17) is 14.0 Å². The predicted molar refractivity (Wildman–Crippen MR) is 67.6 cm³/mol. The van der Waals surface area contributed by atoms with E-state index in [-0.39, 0.29) is 11.6 Å². The van der Waals surface area contributed by atoms with Gasteiger partial charge in [-0.15, -0.1) is 0 Å². The van der Waals surface area contributed by atoms with Gasteiger partial charge >= 0.3 is 0 Å². The summed E-state index contributed by atoms with van der Waals surface area (Å²) >= 11 is 0. The van der Waals surface area contributed by atoms with Gasteiger partial charge in [0.05, 0.1) is 13.2 Å². The standard InChI is InChI=1S/C13H21N3O3/c1-2-18-13(5-3-4-6-13)12-15-11(19-16-12)10-9-17-8-7-14-10/h10,14H,2-9H2,1H3. The SMILES string of the molecule is CCOC1(c2noc(C3COCCN3)n2)CCCC1. The molecular weight excluding hydrogens is 246 g/mol. The number of nitrogens with one attached hydrogen (secondary N) is 1. The molecule has 1 unspecified atom stereocenters. The number of rotatable bonds is 4. The molecule has 0 amide bonds. The molecule has 0 spiro atoms. The van der Waals surface area contributed by atoms with E-state index in [9.17, 15) is 0 Å². The molecule has 1 aromatic heterocycles. The first-order chi connectivity index (χ1) is 9.34. The van der Waals surface area contributed by atoms with Crippen LogP contribution in [0, 0.1) is 0 Å². The lowest BCUT2D eigenvalue weighted by Crippen LogP contribution is -2.35. The third-order valence-corrected chi connectivity index (χ3v) is 3.90. The highest BCUT2D eigenvalue weighted by molar-refractivity contribution is 5.06. The second kappa shape index (κ2) is 5.56. The van der Waals surface area contributed by atoms with Crippen LogP contribution in [0.4, 0.5) is 0 Å². The molecule has 19 heavy (non-hydrogen) atoms. The molecular formula is C13H21N3O3. The average Bonchev–Trinajstić information content (AvgIpc) is 3.09. The van der Waals surface area contributed by atoms with Gasteiger partial charge in [0.25, 0.3) is 0 Å². The van der Waals surface area contributed by atoms with E-state index < -0.39 is 0 Å². The lowest BCUT2D eigenvalue weighted by atomic mass is 10.0. The molecule has 0 aromatic carbocycles. The van der Waals surface area contributed by atoms with Crippen LogP contribution in [0.3, 0.4) is 0 Å². The molecule has 1 saturated heterocycles. The molecule has 2 heterocycles. The number of morpholine rings is 1. The summed E-state index contributed by atoms with van der Waals surface area (Å²) < 4.78 is 16.8. The van der Waals surface area contributed by atoms with E-state index >= 15 is 0 Å². The first-order valence-electron chi connectivity index (χ1n) is 7.13. The van der Waals surface area contributed by atoms with Crippen molar-refractivity contribution < 1.29 is 14.0 Å². The maximum Gasteiger partial charge on any atom is 0.246 e. The second-order valence-corrected chi connectivity index (χ2v) is 5.17. The third-order valence-electron chi connectivity index (χ3n) is 3.90. The number of nitrogens with zero attached hydrogens (tertiary/aromatic N) is 2. The van der Waals surface area contributed by atoms with Crippen molar-refractivity contribution in [1.29, 1.82) is 0 Å². The molecule has 3 rings (SSSR count). The van der Waals surface area contributed by atoms with Gasteiger partial charge in [0.1, 0.15) is 11.6 Å². The van der Waals surface area contributed by atoms with Gasteiger partial charge in [-0.3, -0.25) is 0 Å². The Morgan fingerprint density at radius 1 is 1.42 bits per heavy atom. The highest BCUT2D eigenvalue weighted by Crippen LogP contribution is 2.40. The van der Waals surface area contributed by atoms with Gasteiger partial charge in [-0.2, -0.15) is 4.98 Å². The zero-order valence-electron chi connectivity index (χ0n) is 11.4. The van der Waals surface area contributed by atoms with Gasteiger partial charge in [-0.1, -0.05) is 5.16 Å². The van der Waals surface area contributed by atoms with Crippen molar-refractivity contribution in [3.63, 3.8) is 0 Å². The first-order valence-corrected chi connectivity index (χ1v) is 7.13. The Hall–Kier alpha value is -0.980. The normalized spacial score (nSPS) is 26.7. The van der Waals surface area contributed by atoms with Crippen molar-refractivity contribution in [2.75, 3.05) is 26.4 Å². The van der Waals surface area contributed by atoms with E-state index in [0.717, 1.165) is 38.8 Å². The van der Waals surface area contributed by atoms with Crippen molar-refractivity contribution in [2.24, 2.45) is 0 Å². The fraction of sp³-hybridized carbons (Fsp3) is 0.846. The Morgan fingerprint density at radius 2 is 2.26 bits per heavy atom. The van der Waals surface area contributed by atoms with Crippen LogP contribution in [0.2, 0.25) is 0 Å². The summed E-state index contributed by atoms with van der Waals surface area (Å²) in [5, 5.41) is 7.48. The summed E-state index contributed by atoms with van der Waals surface area (Å²) in [5.74, 6) is 1.31. The highest BCUT2D eigenvalue weighted by Gasteiger charge is 2.41. The van der Waals surface area contributed by atoms with Crippen molar-refractivity contribution >= 4 is 0 Å². The highest BCUT2D eigenvalue weighted by atomic mass is 16.5. The molecule has 106 valence electrons. The van der Waals surface area contributed by atoms with Crippen LogP contribution in [0.15, 0.2) is 4.52 Å². The van der Waals surface area contributed by atoms with Gasteiger partial charge in [-0.05, 0) is 32.6 Å². The number of ether oxygens (including phenoxy) is 2. The maximum atomic E-state index is 5.94. The van der Waals surface area contributed by atoms with Crippen molar-refractivity contribution in [2.45, 2.75) is 44.2 Å². The molecule has 1 aliphatic carbocycles. The quantitative estimate of drug-likeness (QED) is 0.892. The lowest BCUT2D eigenvalue weighted by Gasteiger charge is -2.25. The largest absolute Gasteiger partial charge is 0.378 e. The monoisotopic (exact) mass is 267 g/mol. The van der Waals surface area contributed by atoms with E-state index in [1.807, 2.05) is 6.92 Å². The fourth-order valence-corrected chi connectivity index (χ4v) is 2.94. The summed E-state index contributed by atoms with van der Waals surface area (Å²) in [5.41, 5.74) is -0.327. The minimum atomic E-state index is -0.327. The number of hydrogen-bond acceptors (Lipinski definition) is 6. The van der Waals surface area contributed by atoms with Crippen LogP contribution in [-0.4, -0.2) is 36.5 Å². The molecule has 6 nitrogen and oxygen atoms in total. The van der Waals surface area contributed by atoms with E-state index in [1.165, 1.54) is 0 Å². The van der Waals surface area contributed by atoms with Crippen LogP contribution < -0.4 is 5.32 Å². The van der Waals surface area contributed by atoms with Crippen LogP contribution >= 0.6 is 0 Å². The first kappa shape index (κ1) is 13.0. The molecule has 6 heteroatoms. The van der Waals surface area contributed by atoms with Crippen LogP contribution in [-0.2, 0) is 15.1 Å². The van der Waals surface area contributed by atoms with Gasteiger partial charge in [-0.25, -0.2) is 0 Å². The molecule has 1 saturated carbocycles. The smallest absolute Gasteiger partial charge is 0.246 e. The number of aromatic nitrogens is 2. The fourth-order valence-electron chi connectivity index (χ4n) is 2.94. The van der Waals surface area contributed by atoms with Crippen molar-refractivity contribution in [3.05, 3.63) is 11.7 Å². The van der Waals surface area contributed by atoms with Crippen molar-refractivity contribution in [3.8, 4) is 0 Å². The van der Waals surface area contributed by atoms with E-state index in [2.05, 4.69) is 15.5 Å². The Kier molecular flexibility index (Phi) is 3.81. The molecule has 1 aliphatic heterocycles. The summed E-state index contributed by atoms with van der Waals surface area (Å²) in [6, 6.07) is 0.00933. The van der Waals surface area contributed by atoms with E-state index in [1.54, 1.807) is 0 Å². The number of hydrogen-bond donors (Lipinski definition) is 1. The summed E-state index contributed by atoms with van der Waals surface area (Å²) in [6.45, 7) is 4.83. The van der Waals surface area contributed by atoms with Gasteiger partial charge < -0.3 is 19.3 Å². The van der Waals surface area contributed by atoms with Crippen molar-refractivity contribution in [1.82, 2.24) is 15.5 Å². The lowest BCUT2D eigenvalue weighted by molar-refractivity contribution is -0.0469. The van der Waals surface area contributed by atoms with E-state index in [0.29, 0.717) is 24.9 Å². The van der Waals surface area contributed by atoms with Gasteiger partial charge in [0.15, 0.2) is 0 Å². The zero-order chi connectivity index (χ0) is 13.1. The zero-order valence-corrected chi connectivity index (χ0v) is 11.4. The molecule has 2 aliphatic rings. The summed E-state index contributed by atoms with van der Waals surface area (Å²) in [7, 11) is 0. The van der Waals surface area contributed by atoms with Gasteiger partial charge in [0, 0.05) is 13.2 Å². The minimum Gasteiger partial charge on any atom is -0.378 e. The van der Waals surface area contributed by atoms with Crippen LogP contribution in [0.1, 0.15) is 50.4 Å². The summed E-state index contributed by atoms with van der Waals surface area (Å²) in [6.07, 6.45) is 4.28. The molecule has 1 atom stereocenters. The topological polar surface area (TPSA) is 69.4 Å². The Balaban J connectivity index is 1.79. The van der Waals surface area contributed by atoms with Gasteiger partial charge in [0.2, 0.25) is 11.7 Å².